The molecule has 1 aromatic carbocycles. The molecule has 3 rings (SSSR count). The van der Waals surface area contributed by atoms with Gasteiger partial charge in [0, 0.05) is 16.5 Å². The monoisotopic (exact) mass is 233 g/mol. The van der Waals surface area contributed by atoms with Gasteiger partial charge in [-0.05, 0) is 37.0 Å². The number of rotatable bonds is 1. The number of hydrogen-bond donors (Lipinski definition) is 0. The van der Waals surface area contributed by atoms with Crippen LogP contribution in [0.5, 0.6) is 0 Å². The minimum Gasteiger partial charge on any atom is -0.0683 e. The molecule has 0 amide bonds. The van der Waals surface area contributed by atoms with Crippen LogP contribution in [-0.2, 0) is 17.3 Å². The van der Waals surface area contributed by atoms with E-state index < -0.39 is 0 Å². The molecular weight excluding hydrogens is 212 g/mol. The van der Waals surface area contributed by atoms with E-state index in [9.17, 15) is 0 Å². The highest BCUT2D eigenvalue weighted by molar-refractivity contribution is 8.05. The summed E-state index contributed by atoms with van der Waals surface area (Å²) < 4.78 is 0. The van der Waals surface area contributed by atoms with Gasteiger partial charge in [-0.2, -0.15) is 0 Å². The molecule has 1 aliphatic heterocycles. The SMILES string of the molecule is C1=C([S+]2CCCC2)c2ccccc2C1.CC. The minimum atomic E-state index is 0.597. The van der Waals surface area contributed by atoms with E-state index in [1.54, 1.807) is 16.0 Å². The van der Waals surface area contributed by atoms with Crippen molar-refractivity contribution in [1.29, 1.82) is 0 Å². The van der Waals surface area contributed by atoms with Crippen molar-refractivity contribution in [2.24, 2.45) is 0 Å². The van der Waals surface area contributed by atoms with Gasteiger partial charge in [-0.3, -0.25) is 0 Å². The molecule has 1 saturated heterocycles. The molecule has 0 radical (unpaired) electrons. The van der Waals surface area contributed by atoms with Gasteiger partial charge in [0.15, 0.2) is 4.91 Å². The summed E-state index contributed by atoms with van der Waals surface area (Å²) in [6, 6.07) is 8.92. The van der Waals surface area contributed by atoms with Crippen molar-refractivity contribution in [2.45, 2.75) is 33.1 Å². The molecule has 1 heteroatoms. The van der Waals surface area contributed by atoms with Crippen molar-refractivity contribution in [3.05, 3.63) is 41.5 Å². The maximum atomic E-state index is 2.47. The fourth-order valence-corrected chi connectivity index (χ4v) is 4.98. The van der Waals surface area contributed by atoms with Crippen LogP contribution in [0.3, 0.4) is 0 Å². The Kier molecular flexibility index (Phi) is 4.11. The number of allylic oxidation sites excluding steroid dienone is 1. The highest BCUT2D eigenvalue weighted by Gasteiger charge is 2.33. The molecule has 0 saturated carbocycles. The van der Waals surface area contributed by atoms with Crippen molar-refractivity contribution in [2.75, 3.05) is 11.5 Å². The first-order valence-corrected chi connectivity index (χ1v) is 7.97. The molecule has 1 aromatic rings. The zero-order chi connectivity index (χ0) is 11.4. The predicted octanol–water partition coefficient (Wildman–Crippen LogP) is 4.02. The van der Waals surface area contributed by atoms with Gasteiger partial charge in [0.1, 0.15) is 11.5 Å². The highest BCUT2D eigenvalue weighted by Crippen LogP contribution is 2.35. The average molecular weight is 233 g/mol. The summed E-state index contributed by atoms with van der Waals surface area (Å²) in [5, 5.41) is 0. The van der Waals surface area contributed by atoms with Crippen LogP contribution in [0, 0.1) is 0 Å². The zero-order valence-electron chi connectivity index (χ0n) is 10.3. The lowest BCUT2D eigenvalue weighted by molar-refractivity contribution is 0.949. The largest absolute Gasteiger partial charge is 0.158 e. The van der Waals surface area contributed by atoms with E-state index in [2.05, 4.69) is 30.3 Å². The van der Waals surface area contributed by atoms with Crippen LogP contribution < -0.4 is 0 Å². The van der Waals surface area contributed by atoms with Crippen molar-refractivity contribution in [3.63, 3.8) is 0 Å². The Labute approximate surface area is 102 Å². The summed E-state index contributed by atoms with van der Waals surface area (Å²) in [6.45, 7) is 4.00. The molecule has 1 aliphatic carbocycles. The van der Waals surface area contributed by atoms with Crippen LogP contribution in [0.15, 0.2) is 30.3 Å². The first-order chi connectivity index (χ1) is 7.95. The van der Waals surface area contributed by atoms with E-state index in [0.717, 1.165) is 0 Å². The molecule has 0 atom stereocenters. The van der Waals surface area contributed by atoms with Gasteiger partial charge >= 0.3 is 0 Å². The molecule has 0 bridgehead atoms. The van der Waals surface area contributed by atoms with Crippen LogP contribution in [0.1, 0.15) is 37.8 Å². The lowest BCUT2D eigenvalue weighted by atomic mass is 10.1. The molecule has 0 N–H and O–H groups in total. The van der Waals surface area contributed by atoms with E-state index in [4.69, 9.17) is 0 Å². The highest BCUT2D eigenvalue weighted by atomic mass is 32.2. The van der Waals surface area contributed by atoms with Crippen LogP contribution in [-0.4, -0.2) is 11.5 Å². The average Bonchev–Trinajstić information content (AvgIpc) is 3.00. The second-order valence-electron chi connectivity index (χ2n) is 4.04. The smallest absolute Gasteiger partial charge is 0.0683 e. The molecule has 86 valence electrons. The molecule has 1 heterocycles. The molecule has 16 heavy (non-hydrogen) atoms. The standard InChI is InChI=1S/C13H15S.C2H6/c1-2-6-12-11(5-1)7-8-13(12)14-9-3-4-10-14;1-2/h1-2,5-6,8H,3-4,7,9-10H2;1-2H3/q+1;. The van der Waals surface area contributed by atoms with Gasteiger partial charge in [-0.15, -0.1) is 0 Å². The molecular formula is C15H21S+. The lowest BCUT2D eigenvalue weighted by Gasteiger charge is -2.03. The maximum absolute atomic E-state index is 2.47. The van der Waals surface area contributed by atoms with Gasteiger partial charge in [0.25, 0.3) is 0 Å². The Hall–Kier alpha value is -0.690. The summed E-state index contributed by atoms with van der Waals surface area (Å²) in [5.41, 5.74) is 3.10. The Morgan fingerprint density at radius 3 is 2.44 bits per heavy atom. The van der Waals surface area contributed by atoms with Crippen molar-refractivity contribution < 1.29 is 0 Å². The first-order valence-electron chi connectivity index (χ1n) is 6.41. The number of fused-ring (bicyclic) bond motifs is 1. The molecule has 0 aromatic heterocycles. The molecule has 1 fully saturated rings. The summed E-state index contributed by atoms with van der Waals surface area (Å²) in [6.07, 6.45) is 6.54. The van der Waals surface area contributed by atoms with E-state index in [-0.39, 0.29) is 0 Å². The fraction of sp³-hybridized carbons (Fsp3) is 0.467. The van der Waals surface area contributed by atoms with Gasteiger partial charge in [0.05, 0.1) is 0 Å². The second-order valence-corrected chi connectivity index (χ2v) is 6.28. The van der Waals surface area contributed by atoms with Crippen LogP contribution in [0.2, 0.25) is 0 Å². The van der Waals surface area contributed by atoms with Crippen molar-refractivity contribution in [1.82, 2.24) is 0 Å². The van der Waals surface area contributed by atoms with Crippen molar-refractivity contribution in [3.8, 4) is 0 Å². The van der Waals surface area contributed by atoms with Crippen molar-refractivity contribution >= 4 is 15.8 Å². The van der Waals surface area contributed by atoms with E-state index >= 15 is 0 Å². The minimum absolute atomic E-state index is 0.597. The number of benzene rings is 1. The first kappa shape index (κ1) is 11.8. The third-order valence-electron chi connectivity index (χ3n) is 3.13. The van der Waals surface area contributed by atoms with Gasteiger partial charge in [-0.1, -0.05) is 32.0 Å². The molecule has 0 nitrogen and oxygen atoms in total. The molecule has 2 aliphatic rings. The quantitative estimate of drug-likeness (QED) is 0.643. The third-order valence-corrected chi connectivity index (χ3v) is 5.70. The zero-order valence-corrected chi connectivity index (χ0v) is 11.1. The lowest BCUT2D eigenvalue weighted by Crippen LogP contribution is -2.04. The topological polar surface area (TPSA) is 0 Å². The van der Waals surface area contributed by atoms with Crippen LogP contribution in [0.25, 0.3) is 4.91 Å². The van der Waals surface area contributed by atoms with Gasteiger partial charge in [-0.25, -0.2) is 0 Å². The Morgan fingerprint density at radius 2 is 1.69 bits per heavy atom. The van der Waals surface area contributed by atoms with Gasteiger partial charge in [0.2, 0.25) is 0 Å². The Morgan fingerprint density at radius 1 is 1.00 bits per heavy atom. The van der Waals surface area contributed by atoms with Crippen LogP contribution >= 0.6 is 0 Å². The maximum Gasteiger partial charge on any atom is 0.158 e. The van der Waals surface area contributed by atoms with E-state index in [0.29, 0.717) is 10.9 Å². The summed E-state index contributed by atoms with van der Waals surface area (Å²) in [5.74, 6) is 2.89. The summed E-state index contributed by atoms with van der Waals surface area (Å²) in [4.78, 5) is 1.68. The summed E-state index contributed by atoms with van der Waals surface area (Å²) in [7, 11) is 0.597. The second kappa shape index (κ2) is 5.58. The number of hydrogen-bond acceptors (Lipinski definition) is 0. The fourth-order valence-electron chi connectivity index (χ4n) is 2.40. The molecule has 0 unspecified atom stereocenters. The summed E-state index contributed by atoms with van der Waals surface area (Å²) >= 11 is 0. The van der Waals surface area contributed by atoms with E-state index in [1.165, 1.54) is 30.8 Å². The normalized spacial score (nSPS) is 18.8. The van der Waals surface area contributed by atoms with E-state index in [1.807, 2.05) is 13.8 Å². The Bertz CT molecular complexity index is 373. The Balaban J connectivity index is 0.000000457. The third kappa shape index (κ3) is 2.20. The van der Waals surface area contributed by atoms with Gasteiger partial charge < -0.3 is 0 Å². The van der Waals surface area contributed by atoms with Crippen LogP contribution in [0.4, 0.5) is 0 Å². The predicted molar refractivity (Wildman–Crippen MR) is 75.8 cm³/mol. The molecule has 0 spiro atoms.